The third-order valence-electron chi connectivity index (χ3n) is 3.62. The lowest BCUT2D eigenvalue weighted by atomic mass is 9.95. The molecule has 114 valence electrons. The molecule has 1 fully saturated rings. The number of carboxylic acid groups (broad SMARTS) is 1. The minimum atomic E-state index is -1.02. The van der Waals surface area contributed by atoms with Crippen molar-refractivity contribution in [1.29, 1.82) is 0 Å². The lowest BCUT2D eigenvalue weighted by Crippen LogP contribution is -2.49. The second kappa shape index (κ2) is 7.26. The molecule has 2 amide bonds. The first-order chi connectivity index (χ1) is 9.36. The Kier molecular flexibility index (Phi) is 5.98. The molecule has 2 N–H and O–H groups in total. The molecule has 0 radical (unpaired) electrons. The molecule has 1 heterocycles. The van der Waals surface area contributed by atoms with Gasteiger partial charge in [0, 0.05) is 19.0 Å². The number of hydrogen-bond acceptors (Lipinski definition) is 3. The smallest absolute Gasteiger partial charge is 0.326 e. The monoisotopic (exact) mass is 284 g/mol. The lowest BCUT2D eigenvalue weighted by Gasteiger charge is -2.33. The Labute approximate surface area is 119 Å². The minimum Gasteiger partial charge on any atom is -0.480 e. The second-order valence-electron chi connectivity index (χ2n) is 5.59. The van der Waals surface area contributed by atoms with E-state index < -0.39 is 12.0 Å². The van der Waals surface area contributed by atoms with E-state index in [1.807, 2.05) is 13.8 Å². The highest BCUT2D eigenvalue weighted by molar-refractivity contribution is 5.86. The summed E-state index contributed by atoms with van der Waals surface area (Å²) in [5.74, 6) is -1.63. The summed E-state index contributed by atoms with van der Waals surface area (Å²) in [6, 6.07) is -0.848. The molecule has 1 rings (SSSR count). The number of carboxylic acids is 1. The van der Waals surface area contributed by atoms with Crippen LogP contribution >= 0.6 is 0 Å². The van der Waals surface area contributed by atoms with Crippen LogP contribution in [0.4, 0.5) is 0 Å². The van der Waals surface area contributed by atoms with Crippen molar-refractivity contribution in [3.63, 3.8) is 0 Å². The molecule has 0 aliphatic carbocycles. The zero-order valence-electron chi connectivity index (χ0n) is 12.4. The van der Waals surface area contributed by atoms with Gasteiger partial charge in [-0.3, -0.25) is 9.59 Å². The summed E-state index contributed by atoms with van der Waals surface area (Å²) in [5, 5.41) is 11.5. The van der Waals surface area contributed by atoms with Crippen LogP contribution < -0.4 is 5.32 Å². The van der Waals surface area contributed by atoms with Gasteiger partial charge in [0.1, 0.15) is 6.04 Å². The van der Waals surface area contributed by atoms with Gasteiger partial charge in [-0.15, -0.1) is 0 Å². The number of amides is 2. The van der Waals surface area contributed by atoms with E-state index in [-0.39, 0.29) is 23.7 Å². The van der Waals surface area contributed by atoms with Gasteiger partial charge >= 0.3 is 5.97 Å². The van der Waals surface area contributed by atoms with Crippen molar-refractivity contribution in [2.75, 3.05) is 13.1 Å². The highest BCUT2D eigenvalue weighted by atomic mass is 16.4. The van der Waals surface area contributed by atoms with Crippen molar-refractivity contribution in [2.45, 2.75) is 46.1 Å². The normalized spacial score (nSPS) is 20.6. The van der Waals surface area contributed by atoms with Gasteiger partial charge in [0.05, 0.1) is 5.92 Å². The number of likely N-dealkylation sites (tertiary alicyclic amines) is 1. The summed E-state index contributed by atoms with van der Waals surface area (Å²) >= 11 is 0. The molecule has 0 aromatic rings. The summed E-state index contributed by atoms with van der Waals surface area (Å²) in [4.78, 5) is 36.7. The Morgan fingerprint density at radius 2 is 2.00 bits per heavy atom. The average Bonchev–Trinajstić information content (AvgIpc) is 2.43. The largest absolute Gasteiger partial charge is 0.480 e. The van der Waals surface area contributed by atoms with Crippen LogP contribution in [0.2, 0.25) is 0 Å². The molecule has 0 saturated carbocycles. The molecule has 20 heavy (non-hydrogen) atoms. The van der Waals surface area contributed by atoms with Crippen molar-refractivity contribution in [1.82, 2.24) is 10.2 Å². The van der Waals surface area contributed by atoms with E-state index in [0.717, 1.165) is 6.42 Å². The molecule has 6 nitrogen and oxygen atoms in total. The number of nitrogens with zero attached hydrogens (tertiary/aromatic N) is 1. The Hall–Kier alpha value is -1.59. The minimum absolute atomic E-state index is 0.0489. The molecule has 0 bridgehead atoms. The number of hydrogen-bond donors (Lipinski definition) is 2. The topological polar surface area (TPSA) is 86.7 Å². The summed E-state index contributed by atoms with van der Waals surface area (Å²) in [7, 11) is 0. The van der Waals surface area contributed by atoms with Crippen LogP contribution in [0.3, 0.4) is 0 Å². The zero-order valence-corrected chi connectivity index (χ0v) is 12.4. The van der Waals surface area contributed by atoms with Crippen LogP contribution in [0.5, 0.6) is 0 Å². The number of rotatable bonds is 5. The molecule has 0 spiro atoms. The fraction of sp³-hybridized carbons (Fsp3) is 0.786. The molecule has 1 aliphatic heterocycles. The maximum absolute atomic E-state index is 12.1. The van der Waals surface area contributed by atoms with E-state index in [0.29, 0.717) is 25.9 Å². The van der Waals surface area contributed by atoms with Crippen molar-refractivity contribution >= 4 is 17.8 Å². The summed E-state index contributed by atoms with van der Waals surface area (Å²) in [5.41, 5.74) is 0. The van der Waals surface area contributed by atoms with Gasteiger partial charge in [0.25, 0.3) is 0 Å². The number of carbonyl (C=O) groups excluding carboxylic acids is 2. The number of piperidine rings is 1. The molecular weight excluding hydrogens is 260 g/mol. The number of aliphatic carboxylic acids is 1. The fourth-order valence-electron chi connectivity index (χ4n) is 2.38. The van der Waals surface area contributed by atoms with E-state index in [1.54, 1.807) is 11.8 Å². The maximum atomic E-state index is 12.1. The van der Waals surface area contributed by atoms with Crippen LogP contribution in [0.25, 0.3) is 0 Å². The van der Waals surface area contributed by atoms with Crippen LogP contribution in [0.1, 0.15) is 40.0 Å². The highest BCUT2D eigenvalue weighted by Crippen LogP contribution is 2.18. The Bertz CT molecular complexity index is 381. The third kappa shape index (κ3) is 4.21. The molecule has 2 atom stereocenters. The molecule has 0 aromatic heterocycles. The van der Waals surface area contributed by atoms with Gasteiger partial charge in [-0.05, 0) is 19.3 Å². The van der Waals surface area contributed by atoms with E-state index in [9.17, 15) is 14.4 Å². The van der Waals surface area contributed by atoms with Gasteiger partial charge in [0.15, 0.2) is 0 Å². The van der Waals surface area contributed by atoms with E-state index >= 15 is 0 Å². The molecular formula is C14H24N2O4. The van der Waals surface area contributed by atoms with Gasteiger partial charge in [-0.1, -0.05) is 20.8 Å². The molecule has 2 unspecified atom stereocenters. The maximum Gasteiger partial charge on any atom is 0.326 e. The lowest BCUT2D eigenvalue weighted by molar-refractivity contribution is -0.144. The predicted molar refractivity (Wildman–Crippen MR) is 74.0 cm³/mol. The molecule has 6 heteroatoms. The standard InChI is InChI=1S/C14H24N2O4/c1-4-11(14(19)20)15-12(17)10-6-5-7-16(8-10)13(18)9(2)3/h9-11H,4-8H2,1-3H3,(H,15,17)(H,19,20). The average molecular weight is 284 g/mol. The van der Waals surface area contributed by atoms with Gasteiger partial charge in [-0.25, -0.2) is 4.79 Å². The van der Waals surface area contributed by atoms with E-state index in [4.69, 9.17) is 5.11 Å². The Balaban J connectivity index is 2.60. The first kappa shape index (κ1) is 16.5. The van der Waals surface area contributed by atoms with E-state index in [1.165, 1.54) is 0 Å². The van der Waals surface area contributed by atoms with Crippen LogP contribution in [-0.2, 0) is 14.4 Å². The SMILES string of the molecule is CCC(NC(=O)C1CCCN(C(=O)C(C)C)C1)C(=O)O. The highest BCUT2D eigenvalue weighted by Gasteiger charge is 2.31. The fourth-order valence-corrected chi connectivity index (χ4v) is 2.38. The van der Waals surface area contributed by atoms with Crippen molar-refractivity contribution in [2.24, 2.45) is 11.8 Å². The van der Waals surface area contributed by atoms with Crippen LogP contribution in [0.15, 0.2) is 0 Å². The second-order valence-corrected chi connectivity index (χ2v) is 5.59. The first-order valence-electron chi connectivity index (χ1n) is 7.18. The van der Waals surface area contributed by atoms with Gasteiger partial charge < -0.3 is 15.3 Å². The molecule has 1 saturated heterocycles. The van der Waals surface area contributed by atoms with Crippen molar-refractivity contribution in [3.8, 4) is 0 Å². The van der Waals surface area contributed by atoms with E-state index in [2.05, 4.69) is 5.32 Å². The van der Waals surface area contributed by atoms with Gasteiger partial charge in [-0.2, -0.15) is 0 Å². The zero-order chi connectivity index (χ0) is 15.3. The third-order valence-corrected chi connectivity index (χ3v) is 3.62. The Morgan fingerprint density at radius 3 is 2.50 bits per heavy atom. The van der Waals surface area contributed by atoms with Crippen molar-refractivity contribution < 1.29 is 19.5 Å². The summed E-state index contributed by atoms with van der Waals surface area (Å²) in [6.45, 7) is 6.46. The summed E-state index contributed by atoms with van der Waals surface area (Å²) in [6.07, 6.45) is 1.83. The van der Waals surface area contributed by atoms with Gasteiger partial charge in [0.2, 0.25) is 11.8 Å². The van der Waals surface area contributed by atoms with Crippen molar-refractivity contribution in [3.05, 3.63) is 0 Å². The number of carbonyl (C=O) groups is 3. The number of nitrogens with one attached hydrogen (secondary N) is 1. The Morgan fingerprint density at radius 1 is 1.35 bits per heavy atom. The van der Waals surface area contributed by atoms with Crippen LogP contribution in [0, 0.1) is 11.8 Å². The predicted octanol–water partition coefficient (Wildman–Crippen LogP) is 0.860. The first-order valence-corrected chi connectivity index (χ1v) is 7.18. The molecule has 1 aliphatic rings. The van der Waals surface area contributed by atoms with Crippen LogP contribution in [-0.4, -0.2) is 46.9 Å². The molecule has 0 aromatic carbocycles. The quantitative estimate of drug-likeness (QED) is 0.784. The summed E-state index contributed by atoms with van der Waals surface area (Å²) < 4.78 is 0.